The number of benzene rings is 1. The first-order chi connectivity index (χ1) is 12.8. The highest BCUT2D eigenvalue weighted by Crippen LogP contribution is 2.31. The number of aromatic nitrogens is 1. The summed E-state index contributed by atoms with van der Waals surface area (Å²) in [4.78, 5) is 5.77. The molecule has 1 aliphatic rings. The number of hydrogen-bond acceptors (Lipinski definition) is 6. The summed E-state index contributed by atoms with van der Waals surface area (Å²) in [6.07, 6.45) is 7.42. The van der Waals surface area contributed by atoms with Crippen molar-refractivity contribution in [3.63, 3.8) is 0 Å². The Hall–Kier alpha value is -2.28. The minimum Gasteiger partial charge on any atom is -0.507 e. The fraction of sp³-hybridized carbons (Fsp3) is 0.500. The van der Waals surface area contributed by atoms with Crippen molar-refractivity contribution in [3.05, 3.63) is 33.6 Å². The van der Waals surface area contributed by atoms with E-state index in [4.69, 9.17) is 4.99 Å². The lowest BCUT2D eigenvalue weighted by Crippen LogP contribution is -2.24. The van der Waals surface area contributed by atoms with E-state index in [-0.39, 0.29) is 22.7 Å². The molecule has 146 valence electrons. The molecule has 3 rings (SSSR count). The molecule has 1 heterocycles. The number of nitrogens with zero attached hydrogens (tertiary/aromatic N) is 3. The molecule has 1 aliphatic carbocycles. The van der Waals surface area contributed by atoms with Crippen LogP contribution in [0.4, 0.5) is 0 Å². The highest BCUT2D eigenvalue weighted by molar-refractivity contribution is 7.07. The molecule has 3 N–H and O–H groups in total. The molecule has 1 saturated carbocycles. The Morgan fingerprint density at radius 2 is 1.70 bits per heavy atom. The van der Waals surface area contributed by atoms with E-state index in [1.165, 1.54) is 31.5 Å². The first-order valence-corrected chi connectivity index (χ1v) is 10.2. The van der Waals surface area contributed by atoms with Gasteiger partial charge >= 0.3 is 0 Å². The fourth-order valence-electron chi connectivity index (χ4n) is 3.17. The van der Waals surface area contributed by atoms with Crippen molar-refractivity contribution in [1.82, 2.24) is 4.68 Å². The molecule has 0 atom stereocenters. The minimum atomic E-state index is -0.365. The number of phenolic OH excluding ortho intramolecular Hbond substituents is 3. The van der Waals surface area contributed by atoms with Gasteiger partial charge in [-0.15, -0.1) is 11.3 Å². The number of rotatable bonds is 3. The van der Waals surface area contributed by atoms with Crippen molar-refractivity contribution in [1.29, 1.82) is 0 Å². The van der Waals surface area contributed by atoms with Crippen molar-refractivity contribution in [3.8, 4) is 17.2 Å². The van der Waals surface area contributed by atoms with E-state index < -0.39 is 0 Å². The van der Waals surface area contributed by atoms with Crippen LogP contribution in [0.3, 0.4) is 0 Å². The van der Waals surface area contributed by atoms with Gasteiger partial charge in [0.2, 0.25) is 4.80 Å². The molecule has 0 spiro atoms. The monoisotopic (exact) mass is 389 g/mol. The predicted octanol–water partition coefficient (Wildman–Crippen LogP) is 4.08. The predicted molar refractivity (Wildman–Crippen MR) is 108 cm³/mol. The molecule has 1 aromatic heterocycles. The van der Waals surface area contributed by atoms with Crippen molar-refractivity contribution in [2.24, 2.45) is 10.1 Å². The lowest BCUT2D eigenvalue weighted by molar-refractivity contribution is 0.396. The molecule has 1 aromatic carbocycles. The average molecular weight is 390 g/mol. The first kappa shape index (κ1) is 19.5. The maximum absolute atomic E-state index is 10.0. The minimum absolute atomic E-state index is 0.118. The summed E-state index contributed by atoms with van der Waals surface area (Å²) >= 11 is 1.57. The average Bonchev–Trinajstić information content (AvgIpc) is 3.01. The van der Waals surface area contributed by atoms with Gasteiger partial charge < -0.3 is 15.3 Å². The summed E-state index contributed by atoms with van der Waals surface area (Å²) in [5, 5.41) is 35.8. The van der Waals surface area contributed by atoms with E-state index in [1.54, 1.807) is 11.3 Å². The van der Waals surface area contributed by atoms with Gasteiger partial charge in [0.1, 0.15) is 5.75 Å². The van der Waals surface area contributed by atoms with Crippen LogP contribution in [0.25, 0.3) is 0 Å². The standard InChI is InChI=1S/C20H27N3O3S/c1-20(2,3)18-12-27-19(22-14-7-5-4-6-8-14)23(18)21-11-13-9-16(25)17(26)10-15(13)24/h9-12,14,24-26H,4-8H2,1-3H3. The largest absolute Gasteiger partial charge is 0.507 e. The molecule has 6 nitrogen and oxygen atoms in total. The van der Waals surface area contributed by atoms with Gasteiger partial charge in [0.05, 0.1) is 18.0 Å². The van der Waals surface area contributed by atoms with E-state index in [1.807, 2.05) is 4.68 Å². The number of thiazole rings is 1. The lowest BCUT2D eigenvalue weighted by Gasteiger charge is -2.19. The van der Waals surface area contributed by atoms with Crippen LogP contribution < -0.4 is 4.80 Å². The summed E-state index contributed by atoms with van der Waals surface area (Å²) in [5.74, 6) is -0.808. The molecular weight excluding hydrogens is 362 g/mol. The SMILES string of the molecule is CC(C)(C)c1csc(=NC2CCCCC2)n1N=Cc1cc(O)c(O)cc1O. The summed E-state index contributed by atoms with van der Waals surface area (Å²) in [5.41, 5.74) is 1.24. The van der Waals surface area contributed by atoms with Crippen LogP contribution in [0, 0.1) is 0 Å². The summed E-state index contributed by atoms with van der Waals surface area (Å²) in [7, 11) is 0. The highest BCUT2D eigenvalue weighted by Gasteiger charge is 2.21. The van der Waals surface area contributed by atoms with Crippen LogP contribution in [0.5, 0.6) is 17.2 Å². The van der Waals surface area contributed by atoms with Crippen LogP contribution in [0.15, 0.2) is 27.6 Å². The maximum Gasteiger partial charge on any atom is 0.206 e. The molecule has 27 heavy (non-hydrogen) atoms. The van der Waals surface area contributed by atoms with Gasteiger partial charge in [-0.2, -0.15) is 5.10 Å². The van der Waals surface area contributed by atoms with Crippen molar-refractivity contribution >= 4 is 17.6 Å². The molecular formula is C20H27N3O3S. The van der Waals surface area contributed by atoms with Gasteiger partial charge in [0.15, 0.2) is 11.5 Å². The number of aromatic hydroxyl groups is 3. The highest BCUT2D eigenvalue weighted by atomic mass is 32.1. The van der Waals surface area contributed by atoms with E-state index in [9.17, 15) is 15.3 Å². The quantitative estimate of drug-likeness (QED) is 0.420. The van der Waals surface area contributed by atoms with Crippen molar-refractivity contribution < 1.29 is 15.3 Å². The summed E-state index contributed by atoms with van der Waals surface area (Å²) in [6.45, 7) is 6.36. The second kappa shape index (κ2) is 7.76. The Morgan fingerprint density at radius 1 is 1.04 bits per heavy atom. The number of hydrogen-bond donors (Lipinski definition) is 3. The van der Waals surface area contributed by atoms with Crippen LogP contribution >= 0.6 is 11.3 Å². The second-order valence-electron chi connectivity index (χ2n) is 8.03. The molecule has 2 aromatic rings. The molecule has 0 saturated heterocycles. The number of phenols is 3. The Bertz CT molecular complexity index is 900. The van der Waals surface area contributed by atoms with Crippen molar-refractivity contribution in [2.45, 2.75) is 64.3 Å². The molecule has 0 amide bonds. The summed E-state index contributed by atoms with van der Waals surface area (Å²) in [6, 6.07) is 2.72. The van der Waals surface area contributed by atoms with Gasteiger partial charge in [-0.05, 0) is 18.9 Å². The van der Waals surface area contributed by atoms with Crippen LogP contribution in [0.1, 0.15) is 64.1 Å². The lowest BCUT2D eigenvalue weighted by atomic mass is 9.93. The Morgan fingerprint density at radius 3 is 2.37 bits per heavy atom. The Kier molecular flexibility index (Phi) is 5.60. The third-order valence-electron chi connectivity index (χ3n) is 4.76. The zero-order valence-electron chi connectivity index (χ0n) is 16.0. The normalized spacial score (nSPS) is 17.1. The molecule has 0 radical (unpaired) electrons. The Labute approximate surface area is 163 Å². The third-order valence-corrected chi connectivity index (χ3v) is 5.59. The van der Waals surface area contributed by atoms with Gasteiger partial charge in [0, 0.05) is 22.4 Å². The fourth-order valence-corrected chi connectivity index (χ4v) is 4.30. The molecule has 0 aliphatic heterocycles. The van der Waals surface area contributed by atoms with Crippen LogP contribution in [0.2, 0.25) is 0 Å². The maximum atomic E-state index is 10.0. The zero-order valence-corrected chi connectivity index (χ0v) is 16.8. The van der Waals surface area contributed by atoms with Gasteiger partial charge in [0.25, 0.3) is 0 Å². The Balaban J connectivity index is 2.03. The van der Waals surface area contributed by atoms with E-state index in [0.29, 0.717) is 11.6 Å². The van der Waals surface area contributed by atoms with E-state index >= 15 is 0 Å². The van der Waals surface area contributed by atoms with Crippen molar-refractivity contribution in [2.75, 3.05) is 0 Å². The van der Waals surface area contributed by atoms with E-state index in [2.05, 4.69) is 31.3 Å². The third kappa shape index (κ3) is 4.53. The first-order valence-electron chi connectivity index (χ1n) is 9.30. The second-order valence-corrected chi connectivity index (χ2v) is 8.87. The molecule has 7 heteroatoms. The van der Waals surface area contributed by atoms with Gasteiger partial charge in [-0.1, -0.05) is 40.0 Å². The van der Waals surface area contributed by atoms with Crippen LogP contribution in [-0.4, -0.2) is 32.3 Å². The molecule has 0 unspecified atom stereocenters. The smallest absolute Gasteiger partial charge is 0.206 e. The topological polar surface area (TPSA) is 90.3 Å². The van der Waals surface area contributed by atoms with Crippen LogP contribution in [-0.2, 0) is 5.41 Å². The zero-order chi connectivity index (χ0) is 19.6. The molecule has 0 bridgehead atoms. The molecule has 1 fully saturated rings. The summed E-state index contributed by atoms with van der Waals surface area (Å²) < 4.78 is 1.82. The van der Waals surface area contributed by atoms with Gasteiger partial charge in [-0.3, -0.25) is 4.99 Å². The van der Waals surface area contributed by atoms with E-state index in [0.717, 1.165) is 29.4 Å². The van der Waals surface area contributed by atoms with Gasteiger partial charge in [-0.25, -0.2) is 4.68 Å².